The molecule has 2 unspecified atom stereocenters. The zero-order valence-corrected chi connectivity index (χ0v) is 11.2. The van der Waals surface area contributed by atoms with Crippen LogP contribution in [0, 0.1) is 0 Å². The third-order valence-electron chi connectivity index (χ3n) is 3.55. The second kappa shape index (κ2) is 5.36. The Hall–Kier alpha value is -0.610. The molecule has 3 nitrogen and oxygen atoms in total. The van der Waals surface area contributed by atoms with Gasteiger partial charge in [-0.05, 0) is 31.8 Å². The largest absolute Gasteiger partial charge is 0.323 e. The fourth-order valence-electron chi connectivity index (χ4n) is 2.37. The van der Waals surface area contributed by atoms with Crippen molar-refractivity contribution in [3.8, 4) is 0 Å². The molecule has 2 atom stereocenters. The van der Waals surface area contributed by atoms with Gasteiger partial charge < -0.3 is 10.6 Å². The van der Waals surface area contributed by atoms with Crippen LogP contribution in [-0.4, -0.2) is 49.6 Å². The van der Waals surface area contributed by atoms with E-state index in [9.17, 15) is 0 Å². The minimum Gasteiger partial charge on any atom is -0.323 e. The molecule has 1 aromatic rings. The molecule has 0 saturated carbocycles. The first-order valence-electron chi connectivity index (χ1n) is 5.98. The summed E-state index contributed by atoms with van der Waals surface area (Å²) in [5.41, 5.74) is 7.48. The van der Waals surface area contributed by atoms with Crippen molar-refractivity contribution in [3.63, 3.8) is 0 Å². The number of rotatable bonds is 2. The van der Waals surface area contributed by atoms with E-state index in [2.05, 4.69) is 30.0 Å². The summed E-state index contributed by atoms with van der Waals surface area (Å²) in [6.07, 6.45) is 0. The van der Waals surface area contributed by atoms with Crippen molar-refractivity contribution in [2.24, 2.45) is 5.73 Å². The molecule has 0 radical (unpaired) electrons. The minimum absolute atomic E-state index is 0.0152. The number of nitrogens with two attached hydrogens (primary N) is 1. The molecule has 2 N–H and O–H groups in total. The maximum Gasteiger partial charge on any atom is 0.0466 e. The molecule has 0 spiro atoms. The molecule has 4 heteroatoms. The van der Waals surface area contributed by atoms with Crippen LogP contribution >= 0.6 is 11.6 Å². The molecular weight excluding hydrogens is 234 g/mol. The molecule has 1 aliphatic rings. The standard InChI is InChI=1S/C13H20ClN3/c1-16-6-7-17(2)12(9-16)13(15)10-4-3-5-11(14)8-10/h3-5,8,12-13H,6-7,9,15H2,1-2H3. The molecule has 94 valence electrons. The molecule has 17 heavy (non-hydrogen) atoms. The van der Waals surface area contributed by atoms with Gasteiger partial charge >= 0.3 is 0 Å². The Morgan fingerprint density at radius 1 is 1.35 bits per heavy atom. The van der Waals surface area contributed by atoms with Gasteiger partial charge in [-0.15, -0.1) is 0 Å². The first-order chi connectivity index (χ1) is 8.08. The van der Waals surface area contributed by atoms with Gasteiger partial charge in [-0.25, -0.2) is 0 Å². The Balaban J connectivity index is 2.15. The fourth-order valence-corrected chi connectivity index (χ4v) is 2.57. The number of hydrogen-bond donors (Lipinski definition) is 1. The highest BCUT2D eigenvalue weighted by atomic mass is 35.5. The summed E-state index contributed by atoms with van der Waals surface area (Å²) < 4.78 is 0. The van der Waals surface area contributed by atoms with Crippen molar-refractivity contribution in [1.82, 2.24) is 9.80 Å². The number of piperazine rings is 1. The van der Waals surface area contributed by atoms with Crippen molar-refractivity contribution in [1.29, 1.82) is 0 Å². The van der Waals surface area contributed by atoms with Crippen molar-refractivity contribution < 1.29 is 0 Å². The summed E-state index contributed by atoms with van der Waals surface area (Å²) in [6, 6.07) is 8.24. The number of halogens is 1. The van der Waals surface area contributed by atoms with Gasteiger partial charge in [-0.3, -0.25) is 4.90 Å². The second-order valence-corrected chi connectivity index (χ2v) is 5.33. The first kappa shape index (κ1) is 12.8. The van der Waals surface area contributed by atoms with E-state index < -0.39 is 0 Å². The van der Waals surface area contributed by atoms with Gasteiger partial charge in [0.05, 0.1) is 0 Å². The molecule has 2 rings (SSSR count). The molecule has 1 aromatic carbocycles. The van der Waals surface area contributed by atoms with E-state index in [0.717, 1.165) is 30.2 Å². The van der Waals surface area contributed by atoms with Crippen LogP contribution < -0.4 is 5.73 Å². The van der Waals surface area contributed by atoms with Crippen molar-refractivity contribution >= 4 is 11.6 Å². The number of benzene rings is 1. The smallest absolute Gasteiger partial charge is 0.0466 e. The van der Waals surface area contributed by atoms with E-state index in [-0.39, 0.29) is 6.04 Å². The Morgan fingerprint density at radius 3 is 2.82 bits per heavy atom. The summed E-state index contributed by atoms with van der Waals surface area (Å²) in [5.74, 6) is 0. The molecule has 0 aliphatic carbocycles. The molecule has 1 fully saturated rings. The molecule has 0 bridgehead atoms. The first-order valence-corrected chi connectivity index (χ1v) is 6.35. The third kappa shape index (κ3) is 2.99. The Bertz CT molecular complexity index is 383. The third-order valence-corrected chi connectivity index (χ3v) is 3.78. The topological polar surface area (TPSA) is 32.5 Å². The SMILES string of the molecule is CN1CCN(C)C(C(N)c2cccc(Cl)c2)C1. The Morgan fingerprint density at radius 2 is 2.12 bits per heavy atom. The van der Waals surface area contributed by atoms with E-state index in [1.165, 1.54) is 0 Å². The molecule has 1 saturated heterocycles. The average molecular weight is 254 g/mol. The van der Waals surface area contributed by atoms with Crippen LogP contribution in [0.25, 0.3) is 0 Å². The maximum absolute atomic E-state index is 6.36. The van der Waals surface area contributed by atoms with Crippen molar-refractivity contribution in [2.45, 2.75) is 12.1 Å². The molecule has 0 amide bonds. The van der Waals surface area contributed by atoms with Crippen LogP contribution in [0.5, 0.6) is 0 Å². The number of likely N-dealkylation sites (N-methyl/N-ethyl adjacent to an activating group) is 2. The van der Waals surface area contributed by atoms with E-state index in [1.54, 1.807) is 0 Å². The number of hydrogen-bond acceptors (Lipinski definition) is 3. The lowest BCUT2D eigenvalue weighted by Crippen LogP contribution is -2.54. The lowest BCUT2D eigenvalue weighted by molar-refractivity contribution is 0.0974. The predicted molar refractivity (Wildman–Crippen MR) is 72.3 cm³/mol. The van der Waals surface area contributed by atoms with Crippen molar-refractivity contribution in [2.75, 3.05) is 33.7 Å². The zero-order valence-electron chi connectivity index (χ0n) is 10.4. The van der Waals surface area contributed by atoms with E-state index in [4.69, 9.17) is 17.3 Å². The van der Waals surface area contributed by atoms with Gasteiger partial charge in [0.15, 0.2) is 0 Å². The van der Waals surface area contributed by atoms with Crippen LogP contribution in [0.15, 0.2) is 24.3 Å². The lowest BCUT2D eigenvalue weighted by Gasteiger charge is -2.40. The van der Waals surface area contributed by atoms with Crippen LogP contribution in [-0.2, 0) is 0 Å². The normalized spacial score (nSPS) is 24.8. The van der Waals surface area contributed by atoms with Gasteiger partial charge in [0, 0.05) is 36.7 Å². The van der Waals surface area contributed by atoms with E-state index in [0.29, 0.717) is 6.04 Å². The Labute approximate surface area is 108 Å². The van der Waals surface area contributed by atoms with E-state index >= 15 is 0 Å². The molecule has 0 aromatic heterocycles. The van der Waals surface area contributed by atoms with Crippen LogP contribution in [0.3, 0.4) is 0 Å². The van der Waals surface area contributed by atoms with Gasteiger partial charge in [0.1, 0.15) is 0 Å². The predicted octanol–water partition coefficient (Wildman–Crippen LogP) is 1.59. The highest BCUT2D eigenvalue weighted by Crippen LogP contribution is 2.23. The maximum atomic E-state index is 6.36. The second-order valence-electron chi connectivity index (χ2n) is 4.89. The molecule has 1 heterocycles. The van der Waals surface area contributed by atoms with Gasteiger partial charge in [-0.1, -0.05) is 23.7 Å². The summed E-state index contributed by atoms with van der Waals surface area (Å²) >= 11 is 6.01. The van der Waals surface area contributed by atoms with Crippen LogP contribution in [0.4, 0.5) is 0 Å². The molecular formula is C13H20ClN3. The highest BCUT2D eigenvalue weighted by Gasteiger charge is 2.28. The summed E-state index contributed by atoms with van der Waals surface area (Å²) in [7, 11) is 4.28. The monoisotopic (exact) mass is 253 g/mol. The van der Waals surface area contributed by atoms with E-state index in [1.807, 2.05) is 18.2 Å². The fraction of sp³-hybridized carbons (Fsp3) is 0.538. The van der Waals surface area contributed by atoms with Crippen molar-refractivity contribution in [3.05, 3.63) is 34.9 Å². The molecule has 1 aliphatic heterocycles. The van der Waals surface area contributed by atoms with Gasteiger partial charge in [0.2, 0.25) is 0 Å². The van der Waals surface area contributed by atoms with Crippen LogP contribution in [0.2, 0.25) is 5.02 Å². The lowest BCUT2D eigenvalue weighted by atomic mass is 9.97. The summed E-state index contributed by atoms with van der Waals surface area (Å²) in [5, 5.41) is 0.754. The van der Waals surface area contributed by atoms with Gasteiger partial charge in [0.25, 0.3) is 0 Å². The highest BCUT2D eigenvalue weighted by molar-refractivity contribution is 6.30. The Kier molecular flexibility index (Phi) is 4.05. The summed E-state index contributed by atoms with van der Waals surface area (Å²) in [4.78, 5) is 4.67. The number of nitrogens with zero attached hydrogens (tertiary/aromatic N) is 2. The zero-order chi connectivity index (χ0) is 12.4. The minimum atomic E-state index is 0.0152. The quantitative estimate of drug-likeness (QED) is 0.869. The van der Waals surface area contributed by atoms with Crippen LogP contribution in [0.1, 0.15) is 11.6 Å². The average Bonchev–Trinajstić information content (AvgIpc) is 2.31. The summed E-state index contributed by atoms with van der Waals surface area (Å²) in [6.45, 7) is 3.18. The van der Waals surface area contributed by atoms with Gasteiger partial charge in [-0.2, -0.15) is 0 Å².